The molecule has 5 nitrogen and oxygen atoms in total. The van der Waals surface area contributed by atoms with Crippen LogP contribution in [0, 0.1) is 11.8 Å². The average molecular weight is 459 g/mol. The Morgan fingerprint density at radius 3 is 2.24 bits per heavy atom. The number of hydrogen-bond acceptors (Lipinski definition) is 4. The fourth-order valence-electron chi connectivity index (χ4n) is 4.07. The molecule has 0 amide bonds. The minimum Gasteiger partial charge on any atom is -0.493 e. The molecule has 1 N–H and O–H groups in total. The molecular weight excluding hydrogens is 428 g/mol. The number of aryl methyl sites for hydroxylation is 1. The summed E-state index contributed by atoms with van der Waals surface area (Å²) in [6, 6.07) is 20.8. The van der Waals surface area contributed by atoms with E-state index in [1.807, 2.05) is 48.5 Å². The number of rotatable bonds is 8. The zero-order valence-corrected chi connectivity index (χ0v) is 19.6. The van der Waals surface area contributed by atoms with Crippen molar-refractivity contribution in [2.45, 2.75) is 39.5 Å². The van der Waals surface area contributed by atoms with E-state index in [1.54, 1.807) is 18.2 Å². The van der Waals surface area contributed by atoms with E-state index in [4.69, 9.17) is 9.47 Å². The van der Waals surface area contributed by atoms with Gasteiger partial charge in [-0.05, 0) is 83.8 Å². The average Bonchev–Trinajstić information content (AvgIpc) is 2.87. The van der Waals surface area contributed by atoms with E-state index in [9.17, 15) is 14.7 Å². The molecule has 0 bridgehead atoms. The number of esters is 1. The van der Waals surface area contributed by atoms with E-state index in [0.29, 0.717) is 43.1 Å². The summed E-state index contributed by atoms with van der Waals surface area (Å²) < 4.78 is 11.4. The number of aliphatic carboxylic acids is 1. The molecule has 176 valence electrons. The summed E-state index contributed by atoms with van der Waals surface area (Å²) in [5.74, 6) is 0.350. The van der Waals surface area contributed by atoms with E-state index in [-0.39, 0.29) is 5.92 Å². The Morgan fingerprint density at radius 2 is 1.59 bits per heavy atom. The molecule has 0 aliphatic heterocycles. The van der Waals surface area contributed by atoms with Crippen LogP contribution in [0.1, 0.15) is 48.2 Å². The van der Waals surface area contributed by atoms with Gasteiger partial charge in [0.1, 0.15) is 11.5 Å². The topological polar surface area (TPSA) is 72.8 Å². The normalized spacial score (nSPS) is 15.8. The Kier molecular flexibility index (Phi) is 7.31. The highest BCUT2D eigenvalue weighted by atomic mass is 16.5. The second-order valence-electron chi connectivity index (χ2n) is 9.02. The Morgan fingerprint density at radius 1 is 0.941 bits per heavy atom. The fraction of sp³-hybridized carbons (Fsp3) is 0.310. The van der Waals surface area contributed by atoms with Crippen LogP contribution < -0.4 is 9.47 Å². The van der Waals surface area contributed by atoms with Crippen molar-refractivity contribution in [2.75, 3.05) is 6.61 Å². The van der Waals surface area contributed by atoms with Crippen molar-refractivity contribution in [3.63, 3.8) is 0 Å². The van der Waals surface area contributed by atoms with Crippen LogP contribution in [0.5, 0.6) is 11.5 Å². The van der Waals surface area contributed by atoms with E-state index >= 15 is 0 Å². The maximum absolute atomic E-state index is 12.7. The molecule has 0 aromatic heterocycles. The van der Waals surface area contributed by atoms with Crippen LogP contribution in [0.15, 0.2) is 66.7 Å². The van der Waals surface area contributed by atoms with Crippen molar-refractivity contribution < 1.29 is 24.2 Å². The van der Waals surface area contributed by atoms with Crippen molar-refractivity contribution in [2.24, 2.45) is 11.8 Å². The van der Waals surface area contributed by atoms with Crippen LogP contribution in [0.3, 0.4) is 0 Å². The molecule has 2 unspecified atom stereocenters. The van der Waals surface area contributed by atoms with Crippen LogP contribution in [-0.4, -0.2) is 23.7 Å². The summed E-state index contributed by atoms with van der Waals surface area (Å²) in [7, 11) is 0. The van der Waals surface area contributed by atoms with Crippen molar-refractivity contribution in [1.29, 1.82) is 0 Å². The standard InChI is InChI=1S/C29H30O5/c1-3-19(2)18-33-26-13-10-21(11-14-26)20-4-6-22(7-5-20)29(32)34-27-15-12-23-16-25(28(30)31)9-8-24(23)17-27/h4-7,10-15,17,19,25H,3,8-9,16,18H2,1-2H3,(H,30,31). The number of fused-ring (bicyclic) bond motifs is 1. The van der Waals surface area contributed by atoms with Crippen LogP contribution in [-0.2, 0) is 17.6 Å². The molecule has 2 atom stereocenters. The highest BCUT2D eigenvalue weighted by Crippen LogP contribution is 2.29. The number of carbonyl (C=O) groups is 2. The van der Waals surface area contributed by atoms with Gasteiger partial charge in [0.15, 0.2) is 0 Å². The Balaban J connectivity index is 1.38. The largest absolute Gasteiger partial charge is 0.493 e. The van der Waals surface area contributed by atoms with Gasteiger partial charge in [-0.2, -0.15) is 0 Å². The lowest BCUT2D eigenvalue weighted by Gasteiger charge is -2.21. The fourth-order valence-corrected chi connectivity index (χ4v) is 4.07. The number of carboxylic acids is 1. The molecule has 4 rings (SSSR count). The second kappa shape index (κ2) is 10.6. The molecule has 0 spiro atoms. The molecule has 3 aromatic rings. The van der Waals surface area contributed by atoms with Gasteiger partial charge in [0, 0.05) is 0 Å². The van der Waals surface area contributed by atoms with Gasteiger partial charge in [-0.15, -0.1) is 0 Å². The third-order valence-corrected chi connectivity index (χ3v) is 6.51. The predicted octanol–water partition coefficient (Wildman–Crippen LogP) is 6.19. The number of benzene rings is 3. The summed E-state index contributed by atoms with van der Waals surface area (Å²) in [5.41, 5.74) is 4.59. The molecule has 1 aliphatic rings. The summed E-state index contributed by atoms with van der Waals surface area (Å²) in [6.07, 6.45) is 2.89. The van der Waals surface area contributed by atoms with E-state index < -0.39 is 11.9 Å². The molecule has 1 aliphatic carbocycles. The monoisotopic (exact) mass is 458 g/mol. The van der Waals surface area contributed by atoms with E-state index in [2.05, 4.69) is 13.8 Å². The third-order valence-electron chi connectivity index (χ3n) is 6.51. The second-order valence-corrected chi connectivity index (χ2v) is 9.02. The van der Waals surface area contributed by atoms with Gasteiger partial charge in [0.25, 0.3) is 0 Å². The Labute approximate surface area is 200 Å². The summed E-state index contributed by atoms with van der Waals surface area (Å²) in [4.78, 5) is 23.9. The molecule has 0 saturated carbocycles. The first kappa shape index (κ1) is 23.6. The van der Waals surface area contributed by atoms with Crippen LogP contribution >= 0.6 is 0 Å². The third kappa shape index (κ3) is 5.66. The quantitative estimate of drug-likeness (QED) is 0.322. The molecule has 3 aromatic carbocycles. The lowest BCUT2D eigenvalue weighted by atomic mass is 9.84. The van der Waals surface area contributed by atoms with Gasteiger partial charge in [-0.3, -0.25) is 4.79 Å². The molecule has 0 saturated heterocycles. The lowest BCUT2D eigenvalue weighted by Crippen LogP contribution is -2.22. The Hall–Kier alpha value is -3.60. The predicted molar refractivity (Wildman–Crippen MR) is 131 cm³/mol. The van der Waals surface area contributed by atoms with Gasteiger partial charge in [0.2, 0.25) is 0 Å². The van der Waals surface area contributed by atoms with Crippen LogP contribution in [0.2, 0.25) is 0 Å². The molecule has 34 heavy (non-hydrogen) atoms. The zero-order chi connectivity index (χ0) is 24.1. The number of hydrogen-bond donors (Lipinski definition) is 1. The van der Waals surface area contributed by atoms with Gasteiger partial charge in [0.05, 0.1) is 18.1 Å². The first-order valence-electron chi connectivity index (χ1n) is 11.8. The maximum Gasteiger partial charge on any atom is 0.343 e. The van der Waals surface area contributed by atoms with Crippen molar-refractivity contribution >= 4 is 11.9 Å². The van der Waals surface area contributed by atoms with Crippen LogP contribution in [0.4, 0.5) is 0 Å². The molecular formula is C29H30O5. The number of ether oxygens (including phenoxy) is 2. The summed E-state index contributed by atoms with van der Waals surface area (Å²) in [6.45, 7) is 5.03. The minimum atomic E-state index is -0.754. The number of carbonyl (C=O) groups excluding carboxylic acids is 1. The lowest BCUT2D eigenvalue weighted by molar-refractivity contribution is -0.142. The van der Waals surface area contributed by atoms with Crippen molar-refractivity contribution in [1.82, 2.24) is 0 Å². The minimum absolute atomic E-state index is 0.340. The molecule has 5 heteroatoms. The highest BCUT2D eigenvalue weighted by Gasteiger charge is 2.24. The number of carboxylic acid groups (broad SMARTS) is 1. The van der Waals surface area contributed by atoms with Crippen molar-refractivity contribution in [3.8, 4) is 22.6 Å². The molecule has 0 heterocycles. The summed E-state index contributed by atoms with van der Waals surface area (Å²) in [5, 5.41) is 9.24. The van der Waals surface area contributed by atoms with Gasteiger partial charge < -0.3 is 14.6 Å². The zero-order valence-electron chi connectivity index (χ0n) is 19.6. The van der Waals surface area contributed by atoms with Crippen LogP contribution in [0.25, 0.3) is 11.1 Å². The highest BCUT2D eigenvalue weighted by molar-refractivity contribution is 5.91. The molecule has 0 fully saturated rings. The van der Waals surface area contributed by atoms with Gasteiger partial charge >= 0.3 is 11.9 Å². The molecule has 0 radical (unpaired) electrons. The van der Waals surface area contributed by atoms with Gasteiger partial charge in [-0.25, -0.2) is 4.79 Å². The summed E-state index contributed by atoms with van der Waals surface area (Å²) >= 11 is 0. The SMILES string of the molecule is CCC(C)COc1ccc(-c2ccc(C(=O)Oc3ccc4c(c3)CCC(C(=O)O)C4)cc2)cc1. The first-order valence-corrected chi connectivity index (χ1v) is 11.8. The maximum atomic E-state index is 12.7. The first-order chi connectivity index (χ1) is 16.4. The Bertz CT molecular complexity index is 1150. The van der Waals surface area contributed by atoms with E-state index in [1.165, 1.54) is 0 Å². The van der Waals surface area contributed by atoms with Gasteiger partial charge in [-0.1, -0.05) is 50.6 Å². The smallest absolute Gasteiger partial charge is 0.343 e. The van der Waals surface area contributed by atoms with Crippen molar-refractivity contribution in [3.05, 3.63) is 83.4 Å². The van der Waals surface area contributed by atoms with E-state index in [0.717, 1.165) is 34.4 Å².